The molecule has 16 heavy (non-hydrogen) atoms. The summed E-state index contributed by atoms with van der Waals surface area (Å²) in [6, 6.07) is 0. The van der Waals surface area contributed by atoms with Crippen molar-refractivity contribution in [2.24, 2.45) is 0 Å². The number of hydrogen-bond acceptors (Lipinski definition) is 3. The Kier molecular flexibility index (Phi) is 2.64. The number of anilines is 1. The maximum Gasteiger partial charge on any atom is 0.292 e. The molecule has 0 saturated heterocycles. The van der Waals surface area contributed by atoms with Crippen LogP contribution in [0.5, 0.6) is 0 Å². The van der Waals surface area contributed by atoms with Crippen LogP contribution in [0.2, 0.25) is 5.02 Å². The van der Waals surface area contributed by atoms with Crippen molar-refractivity contribution in [1.82, 2.24) is 9.78 Å². The molecule has 0 aromatic carbocycles. The molecule has 1 saturated carbocycles. The summed E-state index contributed by atoms with van der Waals surface area (Å²) >= 11 is 5.95. The van der Waals surface area contributed by atoms with Gasteiger partial charge in [0.25, 0.3) is 5.56 Å². The standard InChI is InChI=1S/C11H12ClN3O/c1-3-6-15-10(16)9(8(12)7-13-15)14-11(2)4-5-11/h1,7,14H,4-6H2,2H3. The second kappa shape index (κ2) is 3.84. The largest absolute Gasteiger partial charge is 0.374 e. The van der Waals surface area contributed by atoms with Crippen LogP contribution in [0, 0.1) is 12.3 Å². The lowest BCUT2D eigenvalue weighted by Crippen LogP contribution is -2.29. The van der Waals surface area contributed by atoms with Crippen LogP contribution >= 0.6 is 11.6 Å². The van der Waals surface area contributed by atoms with Crippen molar-refractivity contribution in [2.75, 3.05) is 5.32 Å². The lowest BCUT2D eigenvalue weighted by molar-refractivity contribution is 0.661. The summed E-state index contributed by atoms with van der Waals surface area (Å²) in [4.78, 5) is 11.9. The number of halogens is 1. The summed E-state index contributed by atoms with van der Waals surface area (Å²) in [5.41, 5.74) is 0.128. The van der Waals surface area contributed by atoms with E-state index in [1.54, 1.807) is 0 Å². The molecule has 1 aromatic heterocycles. The van der Waals surface area contributed by atoms with Gasteiger partial charge in [0.15, 0.2) is 0 Å². The monoisotopic (exact) mass is 237 g/mol. The molecule has 0 atom stereocenters. The van der Waals surface area contributed by atoms with Gasteiger partial charge in [-0.1, -0.05) is 17.5 Å². The first kappa shape index (κ1) is 11.0. The van der Waals surface area contributed by atoms with Crippen LogP contribution in [-0.2, 0) is 6.54 Å². The summed E-state index contributed by atoms with van der Waals surface area (Å²) in [5, 5.41) is 7.36. The average Bonchev–Trinajstić information content (AvgIpc) is 2.96. The predicted molar refractivity (Wildman–Crippen MR) is 63.6 cm³/mol. The summed E-state index contributed by atoms with van der Waals surface area (Å²) in [6.07, 6.45) is 8.68. The van der Waals surface area contributed by atoms with Crippen molar-refractivity contribution in [2.45, 2.75) is 31.8 Å². The Bertz CT molecular complexity index is 511. The highest BCUT2D eigenvalue weighted by molar-refractivity contribution is 6.33. The highest BCUT2D eigenvalue weighted by Gasteiger charge is 2.38. The number of nitrogens with one attached hydrogen (secondary N) is 1. The zero-order valence-corrected chi connectivity index (χ0v) is 9.71. The summed E-state index contributed by atoms with van der Waals surface area (Å²) in [6.45, 7) is 2.20. The van der Waals surface area contributed by atoms with E-state index in [-0.39, 0.29) is 17.6 Å². The van der Waals surface area contributed by atoms with E-state index in [0.717, 1.165) is 12.8 Å². The molecule has 2 rings (SSSR count). The molecule has 0 bridgehead atoms. The molecular weight excluding hydrogens is 226 g/mol. The smallest absolute Gasteiger partial charge is 0.292 e. The molecule has 1 heterocycles. The molecule has 1 N–H and O–H groups in total. The van der Waals surface area contributed by atoms with E-state index in [1.165, 1.54) is 10.9 Å². The fraction of sp³-hybridized carbons (Fsp3) is 0.455. The highest BCUT2D eigenvalue weighted by Crippen LogP contribution is 2.38. The van der Waals surface area contributed by atoms with Gasteiger partial charge in [-0.25, -0.2) is 4.68 Å². The molecular formula is C11H12ClN3O. The molecule has 0 spiro atoms. The highest BCUT2D eigenvalue weighted by atomic mass is 35.5. The van der Waals surface area contributed by atoms with Crippen molar-refractivity contribution in [1.29, 1.82) is 0 Å². The second-order valence-electron chi connectivity index (χ2n) is 4.22. The molecule has 5 heteroatoms. The molecule has 84 valence electrons. The first-order valence-electron chi connectivity index (χ1n) is 5.03. The van der Waals surface area contributed by atoms with Gasteiger partial charge < -0.3 is 5.32 Å². The Balaban J connectivity index is 2.39. The third-order valence-electron chi connectivity index (χ3n) is 2.67. The average molecular weight is 238 g/mol. The van der Waals surface area contributed by atoms with Gasteiger partial charge in [0.1, 0.15) is 12.2 Å². The fourth-order valence-electron chi connectivity index (χ4n) is 1.40. The van der Waals surface area contributed by atoms with E-state index < -0.39 is 0 Å². The molecule has 1 aliphatic carbocycles. The second-order valence-corrected chi connectivity index (χ2v) is 4.63. The van der Waals surface area contributed by atoms with E-state index in [4.69, 9.17) is 18.0 Å². The number of hydrogen-bond donors (Lipinski definition) is 1. The minimum atomic E-state index is -0.265. The minimum absolute atomic E-state index is 0.00186. The lowest BCUT2D eigenvalue weighted by atomic mass is 10.3. The Labute approximate surface area is 98.6 Å². The molecule has 1 aromatic rings. The van der Waals surface area contributed by atoms with Crippen molar-refractivity contribution >= 4 is 17.3 Å². The van der Waals surface area contributed by atoms with Crippen molar-refractivity contribution in [3.8, 4) is 12.3 Å². The van der Waals surface area contributed by atoms with E-state index in [0.29, 0.717) is 10.7 Å². The maximum atomic E-state index is 11.9. The van der Waals surface area contributed by atoms with Crippen molar-refractivity contribution < 1.29 is 0 Å². The Morgan fingerprint density at radius 3 is 3.00 bits per heavy atom. The molecule has 0 aliphatic heterocycles. The van der Waals surface area contributed by atoms with Gasteiger partial charge in [-0.15, -0.1) is 6.42 Å². The Morgan fingerprint density at radius 1 is 1.75 bits per heavy atom. The van der Waals surface area contributed by atoms with Gasteiger partial charge >= 0.3 is 0 Å². The third kappa shape index (κ3) is 2.05. The summed E-state index contributed by atoms with van der Waals surface area (Å²) < 4.78 is 1.22. The fourth-order valence-corrected chi connectivity index (χ4v) is 1.57. The zero-order chi connectivity index (χ0) is 11.8. The van der Waals surface area contributed by atoms with Crippen LogP contribution in [0.4, 0.5) is 5.69 Å². The van der Waals surface area contributed by atoms with Gasteiger partial charge in [0.2, 0.25) is 0 Å². The molecule has 0 unspecified atom stereocenters. The van der Waals surface area contributed by atoms with Crippen LogP contribution < -0.4 is 10.9 Å². The zero-order valence-electron chi connectivity index (χ0n) is 8.96. The maximum absolute atomic E-state index is 11.9. The van der Waals surface area contributed by atoms with E-state index >= 15 is 0 Å². The summed E-state index contributed by atoms with van der Waals surface area (Å²) in [5.74, 6) is 2.38. The van der Waals surface area contributed by atoms with E-state index in [2.05, 4.69) is 23.3 Å². The Hall–Kier alpha value is -1.47. The topological polar surface area (TPSA) is 46.9 Å². The molecule has 0 radical (unpaired) electrons. The quantitative estimate of drug-likeness (QED) is 0.811. The Morgan fingerprint density at radius 2 is 2.44 bits per heavy atom. The SMILES string of the molecule is C#CCn1ncc(Cl)c(NC2(C)CC2)c1=O. The molecule has 1 aliphatic rings. The molecule has 0 amide bonds. The van der Waals surface area contributed by atoms with Gasteiger partial charge in [-0.3, -0.25) is 4.79 Å². The summed E-state index contributed by atoms with van der Waals surface area (Å²) in [7, 11) is 0. The van der Waals surface area contributed by atoms with Crippen LogP contribution in [0.15, 0.2) is 11.0 Å². The number of rotatable bonds is 3. The number of nitrogens with zero attached hydrogens (tertiary/aromatic N) is 2. The van der Waals surface area contributed by atoms with E-state index in [9.17, 15) is 4.79 Å². The predicted octanol–water partition coefficient (Wildman–Crippen LogP) is 1.49. The lowest BCUT2D eigenvalue weighted by Gasteiger charge is -2.14. The first-order chi connectivity index (χ1) is 7.56. The van der Waals surface area contributed by atoms with Gasteiger partial charge in [-0.2, -0.15) is 5.10 Å². The van der Waals surface area contributed by atoms with Gasteiger partial charge in [-0.05, 0) is 19.8 Å². The molecule has 4 nitrogen and oxygen atoms in total. The van der Waals surface area contributed by atoms with Crippen LogP contribution in [0.25, 0.3) is 0 Å². The van der Waals surface area contributed by atoms with Crippen molar-refractivity contribution in [3.63, 3.8) is 0 Å². The van der Waals surface area contributed by atoms with Gasteiger partial charge in [0.05, 0.1) is 11.2 Å². The first-order valence-corrected chi connectivity index (χ1v) is 5.41. The third-order valence-corrected chi connectivity index (χ3v) is 2.95. The van der Waals surface area contributed by atoms with Crippen molar-refractivity contribution in [3.05, 3.63) is 21.6 Å². The van der Waals surface area contributed by atoms with E-state index in [1.807, 2.05) is 0 Å². The van der Waals surface area contributed by atoms with Crippen LogP contribution in [0.1, 0.15) is 19.8 Å². The van der Waals surface area contributed by atoms with Crippen LogP contribution in [0.3, 0.4) is 0 Å². The van der Waals surface area contributed by atoms with Crippen LogP contribution in [-0.4, -0.2) is 15.3 Å². The minimum Gasteiger partial charge on any atom is -0.374 e. The van der Waals surface area contributed by atoms with Gasteiger partial charge in [0, 0.05) is 5.54 Å². The number of aromatic nitrogens is 2. The molecule has 1 fully saturated rings. The number of terminal acetylenes is 1. The normalized spacial score (nSPS) is 16.6.